The number of amidine groups is 2. The first-order valence-corrected chi connectivity index (χ1v) is 11.8. The van der Waals surface area contributed by atoms with Gasteiger partial charge in [0.05, 0.1) is 5.69 Å². The lowest BCUT2D eigenvalue weighted by Crippen LogP contribution is -2.44. The first-order valence-electron chi connectivity index (χ1n) is 10.8. The second kappa shape index (κ2) is 10.1. The normalized spacial score (nSPS) is 16.9. The lowest BCUT2D eigenvalue weighted by Gasteiger charge is -2.31. The van der Waals surface area contributed by atoms with Gasteiger partial charge in [0.15, 0.2) is 5.17 Å². The molecule has 4 rings (SSSR count). The van der Waals surface area contributed by atoms with E-state index in [0.717, 1.165) is 29.7 Å². The number of para-hydroxylation sites is 1. The Hall–Kier alpha value is -3.00. The molecular formula is C24H25FN4O2S. The van der Waals surface area contributed by atoms with Crippen LogP contribution >= 0.6 is 11.8 Å². The Morgan fingerprint density at radius 1 is 1.16 bits per heavy atom. The highest BCUT2D eigenvalue weighted by molar-refractivity contribution is 8.13. The molecule has 0 radical (unpaired) electrons. The third-order valence-corrected chi connectivity index (χ3v) is 6.41. The number of fused-ring (bicyclic) bond motifs is 3. The lowest BCUT2D eigenvalue weighted by molar-refractivity contribution is -0.122. The van der Waals surface area contributed by atoms with Crippen LogP contribution in [0, 0.1) is 5.82 Å². The maximum Gasteiger partial charge on any atom is 0.270 e. The molecule has 0 saturated heterocycles. The number of benzene rings is 2. The molecule has 6 nitrogen and oxygen atoms in total. The number of hydrogen-bond acceptors (Lipinski definition) is 5. The Kier molecular flexibility index (Phi) is 6.99. The van der Waals surface area contributed by atoms with Crippen LogP contribution in [0.4, 0.5) is 10.1 Å². The molecule has 166 valence electrons. The second-order valence-corrected chi connectivity index (χ2v) is 8.67. The summed E-state index contributed by atoms with van der Waals surface area (Å²) < 4.78 is 13.2. The van der Waals surface area contributed by atoms with E-state index < -0.39 is 6.04 Å². The van der Waals surface area contributed by atoms with Crippen LogP contribution in [0.5, 0.6) is 0 Å². The minimum Gasteiger partial charge on any atom is -0.356 e. The predicted molar refractivity (Wildman–Crippen MR) is 126 cm³/mol. The van der Waals surface area contributed by atoms with Gasteiger partial charge in [-0.25, -0.2) is 9.38 Å². The monoisotopic (exact) mass is 452 g/mol. The van der Waals surface area contributed by atoms with Crippen molar-refractivity contribution < 1.29 is 14.0 Å². The molecule has 32 heavy (non-hydrogen) atoms. The summed E-state index contributed by atoms with van der Waals surface area (Å²) in [5.41, 5.74) is 2.52. The van der Waals surface area contributed by atoms with Gasteiger partial charge in [0.25, 0.3) is 5.91 Å². The van der Waals surface area contributed by atoms with Crippen molar-refractivity contribution in [3.63, 3.8) is 0 Å². The molecular weight excluding hydrogens is 427 g/mol. The molecule has 0 spiro atoms. The maximum atomic E-state index is 13.2. The maximum absolute atomic E-state index is 13.2. The molecule has 0 bridgehead atoms. The standard InChI is InChI=1S/C24H25FN4O2S/c1-2-3-14-26-21(30)13-12-20-23(31)28-22-18-6-4-5-7-19(18)27-24(29(20)22)32-15-16-8-10-17(25)11-9-16/h4-11,20H,2-3,12-15H2,1H3,(H,26,30). The first-order chi connectivity index (χ1) is 15.6. The number of carbonyl (C=O) groups excluding carboxylic acids is 2. The molecule has 2 aliphatic rings. The summed E-state index contributed by atoms with van der Waals surface area (Å²) in [4.78, 5) is 36.0. The molecule has 1 N–H and O–H groups in total. The summed E-state index contributed by atoms with van der Waals surface area (Å²) in [5, 5.41) is 3.56. The van der Waals surface area contributed by atoms with E-state index in [4.69, 9.17) is 4.99 Å². The zero-order chi connectivity index (χ0) is 22.5. The number of unbranched alkanes of at least 4 members (excludes halogenated alkanes) is 1. The summed E-state index contributed by atoms with van der Waals surface area (Å²) in [6, 6.07) is 13.4. The second-order valence-electron chi connectivity index (χ2n) is 7.73. The largest absolute Gasteiger partial charge is 0.356 e. The van der Waals surface area contributed by atoms with Gasteiger partial charge in [-0.3, -0.25) is 14.5 Å². The van der Waals surface area contributed by atoms with E-state index in [1.54, 1.807) is 12.1 Å². The number of nitrogens with zero attached hydrogens (tertiary/aromatic N) is 3. The molecule has 2 aromatic rings. The lowest BCUT2D eigenvalue weighted by atomic mass is 10.1. The van der Waals surface area contributed by atoms with Gasteiger partial charge in [0, 0.05) is 24.3 Å². The van der Waals surface area contributed by atoms with Crippen LogP contribution < -0.4 is 5.32 Å². The van der Waals surface area contributed by atoms with Gasteiger partial charge in [0.2, 0.25) is 5.91 Å². The summed E-state index contributed by atoms with van der Waals surface area (Å²) in [5.74, 6) is 0.560. The number of carbonyl (C=O) groups is 2. The number of rotatable bonds is 8. The third kappa shape index (κ3) is 4.91. The van der Waals surface area contributed by atoms with Gasteiger partial charge in [-0.15, -0.1) is 0 Å². The molecule has 2 aromatic carbocycles. The third-order valence-electron chi connectivity index (χ3n) is 5.39. The Morgan fingerprint density at radius 3 is 2.72 bits per heavy atom. The zero-order valence-corrected chi connectivity index (χ0v) is 18.7. The quantitative estimate of drug-likeness (QED) is 0.602. The average Bonchev–Trinajstić information content (AvgIpc) is 3.13. The fourth-order valence-corrected chi connectivity index (χ4v) is 4.67. The molecule has 2 aliphatic heterocycles. The van der Waals surface area contributed by atoms with Gasteiger partial charge in [-0.05, 0) is 42.7 Å². The van der Waals surface area contributed by atoms with Crippen molar-refractivity contribution in [2.75, 3.05) is 6.54 Å². The van der Waals surface area contributed by atoms with E-state index in [1.807, 2.05) is 29.2 Å². The summed E-state index contributed by atoms with van der Waals surface area (Å²) in [7, 11) is 0. The molecule has 0 fully saturated rings. The predicted octanol–water partition coefficient (Wildman–Crippen LogP) is 4.41. The van der Waals surface area contributed by atoms with Crippen LogP contribution in [0.1, 0.15) is 43.7 Å². The number of thioether (sulfide) groups is 1. The van der Waals surface area contributed by atoms with Crippen LogP contribution in [0.15, 0.2) is 58.5 Å². The highest BCUT2D eigenvalue weighted by Gasteiger charge is 2.41. The van der Waals surface area contributed by atoms with E-state index in [-0.39, 0.29) is 24.1 Å². The fraction of sp³-hybridized carbons (Fsp3) is 0.333. The van der Waals surface area contributed by atoms with Crippen LogP contribution in [0.25, 0.3) is 0 Å². The Bertz CT molecular complexity index is 1070. The Morgan fingerprint density at radius 2 is 1.94 bits per heavy atom. The zero-order valence-electron chi connectivity index (χ0n) is 17.9. The highest BCUT2D eigenvalue weighted by Crippen LogP contribution is 2.35. The molecule has 8 heteroatoms. The van der Waals surface area contributed by atoms with Crippen molar-refractivity contribution in [3.8, 4) is 0 Å². The number of halogens is 1. The topological polar surface area (TPSA) is 74.1 Å². The van der Waals surface area contributed by atoms with E-state index in [9.17, 15) is 14.0 Å². The van der Waals surface area contributed by atoms with E-state index in [1.165, 1.54) is 23.9 Å². The number of hydrogen-bond donors (Lipinski definition) is 1. The minimum absolute atomic E-state index is 0.0606. The fourth-order valence-electron chi connectivity index (χ4n) is 3.67. The van der Waals surface area contributed by atoms with Crippen molar-refractivity contribution in [1.29, 1.82) is 0 Å². The van der Waals surface area contributed by atoms with Crippen LogP contribution in [0.3, 0.4) is 0 Å². The summed E-state index contributed by atoms with van der Waals surface area (Å²) in [6.45, 7) is 2.72. The van der Waals surface area contributed by atoms with Crippen molar-refractivity contribution >= 4 is 40.3 Å². The van der Waals surface area contributed by atoms with E-state index >= 15 is 0 Å². The van der Waals surface area contributed by atoms with Crippen LogP contribution in [-0.4, -0.2) is 40.3 Å². The van der Waals surface area contributed by atoms with E-state index in [0.29, 0.717) is 29.7 Å². The number of nitrogens with one attached hydrogen (secondary N) is 1. The minimum atomic E-state index is -0.560. The molecule has 0 aliphatic carbocycles. The molecule has 1 unspecified atom stereocenters. The van der Waals surface area contributed by atoms with Crippen molar-refractivity contribution in [1.82, 2.24) is 10.2 Å². The SMILES string of the molecule is CCCCNC(=O)CCC1C(=O)N=C2c3ccccc3N=C(SCc3ccc(F)cc3)N21. The Balaban J connectivity index is 1.53. The molecule has 2 heterocycles. The van der Waals surface area contributed by atoms with E-state index in [2.05, 4.69) is 17.2 Å². The van der Waals surface area contributed by atoms with Crippen molar-refractivity contribution in [3.05, 3.63) is 65.5 Å². The smallest absolute Gasteiger partial charge is 0.270 e. The Labute approximate surface area is 191 Å². The highest BCUT2D eigenvalue weighted by atomic mass is 32.2. The van der Waals surface area contributed by atoms with Crippen LogP contribution in [-0.2, 0) is 15.3 Å². The molecule has 0 aromatic heterocycles. The van der Waals surface area contributed by atoms with Crippen molar-refractivity contribution in [2.45, 2.75) is 44.4 Å². The summed E-state index contributed by atoms with van der Waals surface area (Å²) in [6.07, 6.45) is 2.55. The van der Waals surface area contributed by atoms with Crippen molar-refractivity contribution in [2.24, 2.45) is 9.98 Å². The van der Waals surface area contributed by atoms with Gasteiger partial charge < -0.3 is 5.32 Å². The van der Waals surface area contributed by atoms with Gasteiger partial charge in [-0.2, -0.15) is 4.99 Å². The molecule has 1 atom stereocenters. The van der Waals surface area contributed by atoms with Crippen LogP contribution in [0.2, 0.25) is 0 Å². The number of amides is 2. The number of aliphatic imine (C=N–C) groups is 2. The average molecular weight is 453 g/mol. The van der Waals surface area contributed by atoms with Gasteiger partial charge in [-0.1, -0.05) is 49.4 Å². The first kappa shape index (κ1) is 22.2. The molecule has 2 amide bonds. The summed E-state index contributed by atoms with van der Waals surface area (Å²) >= 11 is 1.47. The van der Waals surface area contributed by atoms with Gasteiger partial charge in [0.1, 0.15) is 17.7 Å². The molecule has 0 saturated carbocycles. The van der Waals surface area contributed by atoms with Gasteiger partial charge >= 0.3 is 0 Å².